The number of benzene rings is 1. The highest BCUT2D eigenvalue weighted by Gasteiger charge is 2.29. The topological polar surface area (TPSA) is 49.8 Å². The van der Waals surface area contributed by atoms with Crippen molar-refractivity contribution in [3.8, 4) is 0 Å². The van der Waals surface area contributed by atoms with Gasteiger partial charge >= 0.3 is 0 Å². The first-order valence-electron chi connectivity index (χ1n) is 8.77. The summed E-state index contributed by atoms with van der Waals surface area (Å²) in [5.41, 5.74) is 3.55. The first kappa shape index (κ1) is 15.5. The van der Waals surface area contributed by atoms with Gasteiger partial charge in [0.15, 0.2) is 0 Å². The van der Waals surface area contributed by atoms with E-state index in [2.05, 4.69) is 20.6 Å². The van der Waals surface area contributed by atoms with Crippen molar-refractivity contribution in [2.45, 2.75) is 51.7 Å². The molecule has 5 heteroatoms. The second kappa shape index (κ2) is 6.48. The van der Waals surface area contributed by atoms with Gasteiger partial charge in [0.2, 0.25) is 0 Å². The van der Waals surface area contributed by atoms with E-state index < -0.39 is 0 Å². The molecule has 2 aliphatic rings. The quantitative estimate of drug-likeness (QED) is 0.905. The first-order chi connectivity index (χ1) is 11.7. The van der Waals surface area contributed by atoms with E-state index in [1.54, 1.807) is 12.1 Å². The fraction of sp³-hybridized carbons (Fsp3) is 0.474. The monoisotopic (exact) mass is 326 g/mol. The number of nitrogens with zero attached hydrogens (tertiary/aromatic N) is 2. The normalized spacial score (nSPS) is 22.6. The summed E-state index contributed by atoms with van der Waals surface area (Å²) in [6, 6.07) is 7.34. The zero-order valence-corrected chi connectivity index (χ0v) is 14.0. The van der Waals surface area contributed by atoms with E-state index in [4.69, 9.17) is 0 Å². The number of aromatic nitrogens is 2. The number of halogens is 1. The maximum Gasteiger partial charge on any atom is 0.134 e. The van der Waals surface area contributed by atoms with Crippen molar-refractivity contribution in [3.05, 3.63) is 52.7 Å². The smallest absolute Gasteiger partial charge is 0.134 e. The van der Waals surface area contributed by atoms with Crippen LogP contribution in [0.1, 0.15) is 41.9 Å². The molecule has 1 aromatic carbocycles. The molecular formula is C19H23FN4. The number of anilines is 1. The molecule has 24 heavy (non-hydrogen) atoms. The van der Waals surface area contributed by atoms with Gasteiger partial charge in [-0.3, -0.25) is 0 Å². The van der Waals surface area contributed by atoms with Crippen LogP contribution in [-0.2, 0) is 19.5 Å². The Balaban J connectivity index is 1.51. The van der Waals surface area contributed by atoms with Crippen molar-refractivity contribution >= 4 is 5.82 Å². The van der Waals surface area contributed by atoms with Crippen LogP contribution in [0.3, 0.4) is 0 Å². The molecule has 4 rings (SSSR count). The summed E-state index contributed by atoms with van der Waals surface area (Å²) < 4.78 is 13.1. The Morgan fingerprint density at radius 1 is 1.17 bits per heavy atom. The Labute approximate surface area is 141 Å². The molecular weight excluding hydrogens is 303 g/mol. The molecule has 1 aliphatic heterocycles. The zero-order valence-electron chi connectivity index (χ0n) is 14.0. The van der Waals surface area contributed by atoms with Gasteiger partial charge in [0, 0.05) is 24.7 Å². The number of aryl methyl sites for hydroxylation is 1. The van der Waals surface area contributed by atoms with Crippen LogP contribution in [0.5, 0.6) is 0 Å². The minimum absolute atomic E-state index is 0.167. The summed E-state index contributed by atoms with van der Waals surface area (Å²) in [4.78, 5) is 9.18. The van der Waals surface area contributed by atoms with E-state index >= 15 is 0 Å². The van der Waals surface area contributed by atoms with Crippen molar-refractivity contribution in [1.29, 1.82) is 0 Å². The fourth-order valence-electron chi connectivity index (χ4n) is 3.98. The third-order valence-corrected chi connectivity index (χ3v) is 5.19. The highest BCUT2D eigenvalue weighted by atomic mass is 19.1. The number of hydrogen-bond acceptors (Lipinski definition) is 4. The summed E-state index contributed by atoms with van der Waals surface area (Å²) in [6.45, 7) is 3.62. The molecule has 1 aliphatic carbocycles. The SMILES string of the molecule is Cc1nc2c(c(N[C@@H]3CCC[C@@H]3Cc3ccc(F)cc3)n1)CNC2. The molecule has 2 aromatic rings. The summed E-state index contributed by atoms with van der Waals surface area (Å²) in [5, 5.41) is 7.06. The second-order valence-corrected chi connectivity index (χ2v) is 6.92. The molecule has 2 heterocycles. The maximum absolute atomic E-state index is 13.1. The van der Waals surface area contributed by atoms with Crippen LogP contribution in [0.15, 0.2) is 24.3 Å². The maximum atomic E-state index is 13.1. The predicted molar refractivity (Wildman–Crippen MR) is 92.2 cm³/mol. The van der Waals surface area contributed by atoms with Crippen LogP contribution in [0.2, 0.25) is 0 Å². The Morgan fingerprint density at radius 3 is 2.83 bits per heavy atom. The van der Waals surface area contributed by atoms with Gasteiger partial charge in [-0.15, -0.1) is 0 Å². The third kappa shape index (κ3) is 3.13. The summed E-state index contributed by atoms with van der Waals surface area (Å²) in [7, 11) is 0. The average Bonchev–Trinajstić information content (AvgIpc) is 3.19. The van der Waals surface area contributed by atoms with E-state index in [0.717, 1.165) is 43.3 Å². The van der Waals surface area contributed by atoms with E-state index in [-0.39, 0.29) is 5.82 Å². The standard InChI is InChI=1S/C19H23FN4/c1-12-22-18-11-21-10-16(18)19(23-12)24-17-4-2-3-14(17)9-13-5-7-15(20)8-6-13/h5-8,14,17,21H,2-4,9-11H2,1H3,(H,22,23,24)/t14-,17-/m1/s1. The lowest BCUT2D eigenvalue weighted by atomic mass is 9.94. The summed E-state index contributed by atoms with van der Waals surface area (Å²) in [6.07, 6.45) is 4.59. The van der Waals surface area contributed by atoms with Gasteiger partial charge in [0.25, 0.3) is 0 Å². The first-order valence-corrected chi connectivity index (χ1v) is 8.77. The molecule has 0 bridgehead atoms. The van der Waals surface area contributed by atoms with Crippen LogP contribution in [-0.4, -0.2) is 16.0 Å². The van der Waals surface area contributed by atoms with Crippen molar-refractivity contribution in [2.24, 2.45) is 5.92 Å². The van der Waals surface area contributed by atoms with Crippen molar-refractivity contribution in [3.63, 3.8) is 0 Å². The highest BCUT2D eigenvalue weighted by molar-refractivity contribution is 5.49. The predicted octanol–water partition coefficient (Wildman–Crippen LogP) is 3.35. The average molecular weight is 326 g/mol. The van der Waals surface area contributed by atoms with E-state index in [0.29, 0.717) is 12.0 Å². The molecule has 126 valence electrons. The lowest BCUT2D eigenvalue weighted by Gasteiger charge is -2.23. The molecule has 1 fully saturated rings. The van der Waals surface area contributed by atoms with Crippen LogP contribution >= 0.6 is 0 Å². The van der Waals surface area contributed by atoms with Crippen molar-refractivity contribution in [2.75, 3.05) is 5.32 Å². The Morgan fingerprint density at radius 2 is 2.00 bits per heavy atom. The summed E-state index contributed by atoms with van der Waals surface area (Å²) >= 11 is 0. The second-order valence-electron chi connectivity index (χ2n) is 6.92. The molecule has 0 unspecified atom stereocenters. The van der Waals surface area contributed by atoms with Crippen LogP contribution in [0.25, 0.3) is 0 Å². The minimum Gasteiger partial charge on any atom is -0.367 e. The zero-order chi connectivity index (χ0) is 16.5. The van der Waals surface area contributed by atoms with Gasteiger partial charge in [-0.1, -0.05) is 18.6 Å². The molecule has 2 N–H and O–H groups in total. The Hall–Kier alpha value is -2.01. The van der Waals surface area contributed by atoms with Gasteiger partial charge < -0.3 is 10.6 Å². The molecule has 1 aromatic heterocycles. The van der Waals surface area contributed by atoms with Crippen LogP contribution < -0.4 is 10.6 Å². The lowest BCUT2D eigenvalue weighted by molar-refractivity contribution is 0.500. The molecule has 2 atom stereocenters. The molecule has 0 amide bonds. The van der Waals surface area contributed by atoms with Crippen molar-refractivity contribution in [1.82, 2.24) is 15.3 Å². The molecule has 0 radical (unpaired) electrons. The summed E-state index contributed by atoms with van der Waals surface area (Å²) in [5.74, 6) is 2.22. The minimum atomic E-state index is -0.167. The van der Waals surface area contributed by atoms with Gasteiger partial charge in [-0.05, 0) is 49.8 Å². The van der Waals surface area contributed by atoms with E-state index in [1.165, 1.54) is 24.0 Å². The van der Waals surface area contributed by atoms with E-state index in [9.17, 15) is 4.39 Å². The van der Waals surface area contributed by atoms with Crippen molar-refractivity contribution < 1.29 is 4.39 Å². The van der Waals surface area contributed by atoms with Gasteiger partial charge in [-0.2, -0.15) is 0 Å². The van der Waals surface area contributed by atoms with Crippen LogP contribution in [0.4, 0.5) is 10.2 Å². The Bertz CT molecular complexity index is 729. The van der Waals surface area contributed by atoms with E-state index in [1.807, 2.05) is 19.1 Å². The third-order valence-electron chi connectivity index (χ3n) is 5.19. The van der Waals surface area contributed by atoms with Gasteiger partial charge in [0.1, 0.15) is 17.5 Å². The molecule has 1 saturated carbocycles. The van der Waals surface area contributed by atoms with Crippen LogP contribution in [0, 0.1) is 18.7 Å². The molecule has 0 saturated heterocycles. The number of rotatable bonds is 4. The van der Waals surface area contributed by atoms with Gasteiger partial charge in [0.05, 0.1) is 5.69 Å². The molecule has 0 spiro atoms. The Kier molecular flexibility index (Phi) is 4.19. The number of nitrogens with one attached hydrogen (secondary N) is 2. The van der Waals surface area contributed by atoms with Gasteiger partial charge in [-0.25, -0.2) is 14.4 Å². The fourth-order valence-corrected chi connectivity index (χ4v) is 3.98. The largest absolute Gasteiger partial charge is 0.367 e. The molecule has 4 nitrogen and oxygen atoms in total. The number of fused-ring (bicyclic) bond motifs is 1. The highest BCUT2D eigenvalue weighted by Crippen LogP contribution is 2.32. The number of hydrogen-bond donors (Lipinski definition) is 2. The lowest BCUT2D eigenvalue weighted by Crippen LogP contribution is -2.27.